The zero-order chi connectivity index (χ0) is 26.1. The van der Waals surface area contributed by atoms with E-state index in [1.54, 1.807) is 54.9 Å². The van der Waals surface area contributed by atoms with Gasteiger partial charge in [-0.1, -0.05) is 23.7 Å². The molecule has 0 bridgehead atoms. The molecule has 11 nitrogen and oxygen atoms in total. The average Bonchev–Trinajstić information content (AvgIpc) is 3.57. The number of hydrogen-bond acceptors (Lipinski definition) is 8. The van der Waals surface area contributed by atoms with Crippen LogP contribution in [0.2, 0.25) is 5.15 Å². The van der Waals surface area contributed by atoms with Crippen LogP contribution in [0.4, 0.5) is 20.8 Å². The van der Waals surface area contributed by atoms with E-state index < -0.39 is 24.5 Å². The summed E-state index contributed by atoms with van der Waals surface area (Å²) in [7, 11) is 0. The molecule has 13 heteroatoms. The van der Waals surface area contributed by atoms with Gasteiger partial charge in [0.15, 0.2) is 29.1 Å². The highest BCUT2D eigenvalue weighted by molar-refractivity contribution is 6.29. The lowest BCUT2D eigenvalue weighted by Gasteiger charge is -2.16. The number of fused-ring (bicyclic) bond motifs is 1. The minimum absolute atomic E-state index is 0.0839. The standard InChI is InChI=1S/C24H22ClFN8O3/c1-12(2)28-24(35)37-18-11-36-22(21(18)26)15-7-20(32-31-15)30-23-17-8-19(25)33-34(17)10-16(29-23)14-5-3-4-13(6-14)9-27/h3-8,10,12,18,21-22H,11H2,1-2H3,(H,28,35)(H2,29,30,31,32)/t18-,21+,22-/m1/s1. The highest BCUT2D eigenvalue weighted by Crippen LogP contribution is 2.34. The van der Waals surface area contributed by atoms with Crippen LogP contribution < -0.4 is 10.6 Å². The van der Waals surface area contributed by atoms with E-state index >= 15 is 4.39 Å². The number of alkyl carbamates (subject to hydrolysis) is 1. The van der Waals surface area contributed by atoms with Crippen LogP contribution in [-0.2, 0) is 9.47 Å². The molecule has 3 N–H and O–H groups in total. The Balaban J connectivity index is 1.38. The van der Waals surface area contributed by atoms with Gasteiger partial charge in [-0.25, -0.2) is 18.7 Å². The number of ether oxygens (including phenoxy) is 2. The van der Waals surface area contributed by atoms with Crippen LogP contribution in [0.3, 0.4) is 0 Å². The van der Waals surface area contributed by atoms with Crippen molar-refractivity contribution < 1.29 is 18.7 Å². The number of nitrogens with zero attached hydrogens (tertiary/aromatic N) is 5. The summed E-state index contributed by atoms with van der Waals surface area (Å²) >= 11 is 6.14. The third-order valence-electron chi connectivity index (χ3n) is 5.61. The number of nitrogens with one attached hydrogen (secondary N) is 3. The van der Waals surface area contributed by atoms with Gasteiger partial charge in [-0.05, 0) is 26.0 Å². The highest BCUT2D eigenvalue weighted by Gasteiger charge is 2.42. The first kappa shape index (κ1) is 24.5. The summed E-state index contributed by atoms with van der Waals surface area (Å²) in [6.07, 6.45) is -2.61. The monoisotopic (exact) mass is 524 g/mol. The second kappa shape index (κ2) is 10.0. The van der Waals surface area contributed by atoms with E-state index in [0.29, 0.717) is 39.7 Å². The third kappa shape index (κ3) is 5.18. The highest BCUT2D eigenvalue weighted by atomic mass is 35.5. The Kier molecular flexibility index (Phi) is 6.64. The fraction of sp³-hybridized carbons (Fsp3) is 0.292. The smallest absolute Gasteiger partial charge is 0.407 e. The molecule has 190 valence electrons. The topological polar surface area (TPSA) is 142 Å². The molecule has 5 rings (SSSR count). The number of carbonyl (C=O) groups is 1. The third-order valence-corrected chi connectivity index (χ3v) is 5.80. The molecule has 1 saturated heterocycles. The quantitative estimate of drug-likeness (QED) is 0.339. The number of hydrogen-bond donors (Lipinski definition) is 3. The number of benzene rings is 1. The van der Waals surface area contributed by atoms with Crippen LogP contribution in [-0.4, -0.2) is 55.8 Å². The van der Waals surface area contributed by atoms with E-state index in [-0.39, 0.29) is 17.8 Å². The van der Waals surface area contributed by atoms with Crippen molar-refractivity contribution in [2.45, 2.75) is 38.3 Å². The van der Waals surface area contributed by atoms with E-state index in [4.69, 9.17) is 21.1 Å². The number of alkyl halides is 1. The van der Waals surface area contributed by atoms with E-state index in [9.17, 15) is 10.1 Å². The summed E-state index contributed by atoms with van der Waals surface area (Å²) in [5.41, 5.74) is 2.70. The zero-order valence-electron chi connectivity index (χ0n) is 19.8. The Morgan fingerprint density at radius 2 is 2.22 bits per heavy atom. The van der Waals surface area contributed by atoms with Crippen molar-refractivity contribution in [1.82, 2.24) is 30.1 Å². The SMILES string of the molecule is CC(C)NC(=O)O[C@@H]1CO[C@H](c2cc(Nc3nc(-c4cccc(C#N)c4)cn4nc(Cl)cc34)n[nH]2)[C@H]1F. The molecule has 4 heterocycles. The molecule has 4 aromatic rings. The lowest BCUT2D eigenvalue weighted by molar-refractivity contribution is 0.0615. The number of aromatic amines is 1. The summed E-state index contributed by atoms with van der Waals surface area (Å²) in [6, 6.07) is 12.2. The van der Waals surface area contributed by atoms with Crippen molar-refractivity contribution in [1.29, 1.82) is 5.26 Å². The lowest BCUT2D eigenvalue weighted by Crippen LogP contribution is -2.36. The first-order valence-electron chi connectivity index (χ1n) is 11.4. The van der Waals surface area contributed by atoms with Gasteiger partial charge in [0.1, 0.15) is 11.6 Å². The molecule has 1 aromatic carbocycles. The Labute approximate surface area is 215 Å². The van der Waals surface area contributed by atoms with Gasteiger partial charge in [-0.3, -0.25) is 5.10 Å². The number of anilines is 2. The Morgan fingerprint density at radius 1 is 1.38 bits per heavy atom. The van der Waals surface area contributed by atoms with Crippen molar-refractivity contribution in [2.75, 3.05) is 11.9 Å². The van der Waals surface area contributed by atoms with Crippen molar-refractivity contribution in [2.24, 2.45) is 0 Å². The normalized spacial score (nSPS) is 19.2. The Hall–Kier alpha value is -4.21. The fourth-order valence-corrected chi connectivity index (χ4v) is 4.14. The number of H-pyrrole nitrogens is 1. The van der Waals surface area contributed by atoms with E-state index in [2.05, 4.69) is 37.0 Å². The maximum atomic E-state index is 15.0. The largest absolute Gasteiger partial charge is 0.441 e. The molecular weight excluding hydrogens is 503 g/mol. The van der Waals surface area contributed by atoms with E-state index in [1.807, 2.05) is 6.07 Å². The van der Waals surface area contributed by atoms with Gasteiger partial charge in [0, 0.05) is 23.7 Å². The fourth-order valence-electron chi connectivity index (χ4n) is 3.95. The van der Waals surface area contributed by atoms with Crippen LogP contribution in [0.15, 0.2) is 42.6 Å². The molecule has 1 aliphatic rings. The van der Waals surface area contributed by atoms with Crippen LogP contribution in [0.25, 0.3) is 16.8 Å². The van der Waals surface area contributed by atoms with Gasteiger partial charge in [0.25, 0.3) is 0 Å². The molecule has 1 amide bonds. The van der Waals surface area contributed by atoms with E-state index in [0.717, 1.165) is 0 Å². The lowest BCUT2D eigenvalue weighted by atomic mass is 10.1. The predicted molar refractivity (Wildman–Crippen MR) is 132 cm³/mol. The van der Waals surface area contributed by atoms with Crippen molar-refractivity contribution in [3.63, 3.8) is 0 Å². The molecule has 0 unspecified atom stereocenters. The van der Waals surface area contributed by atoms with Crippen LogP contribution in [0.5, 0.6) is 0 Å². The van der Waals surface area contributed by atoms with Gasteiger partial charge in [-0.2, -0.15) is 15.5 Å². The summed E-state index contributed by atoms with van der Waals surface area (Å²) < 4.78 is 27.3. The minimum atomic E-state index is -1.58. The minimum Gasteiger partial charge on any atom is -0.441 e. The molecular formula is C24H22ClFN8O3. The zero-order valence-corrected chi connectivity index (χ0v) is 20.5. The van der Waals surface area contributed by atoms with Gasteiger partial charge in [0.05, 0.1) is 35.8 Å². The molecule has 0 aliphatic carbocycles. The molecule has 0 spiro atoms. The van der Waals surface area contributed by atoms with Gasteiger partial charge >= 0.3 is 6.09 Å². The van der Waals surface area contributed by atoms with Gasteiger partial charge in [0.2, 0.25) is 0 Å². The molecule has 37 heavy (non-hydrogen) atoms. The number of rotatable bonds is 6. The number of nitriles is 1. The first-order chi connectivity index (χ1) is 17.8. The van der Waals surface area contributed by atoms with Crippen LogP contribution >= 0.6 is 11.6 Å². The molecule has 0 radical (unpaired) electrons. The Bertz CT molecular complexity index is 1500. The Morgan fingerprint density at radius 3 is 3.00 bits per heavy atom. The van der Waals surface area contributed by atoms with Crippen molar-refractivity contribution in [3.05, 3.63) is 59.0 Å². The number of amides is 1. The van der Waals surface area contributed by atoms with Crippen molar-refractivity contribution in [3.8, 4) is 17.3 Å². The van der Waals surface area contributed by atoms with Crippen LogP contribution in [0.1, 0.15) is 31.2 Å². The first-order valence-corrected chi connectivity index (χ1v) is 11.8. The maximum Gasteiger partial charge on any atom is 0.407 e. The van der Waals surface area contributed by atoms with Crippen LogP contribution in [0, 0.1) is 11.3 Å². The van der Waals surface area contributed by atoms with Gasteiger partial charge < -0.3 is 20.1 Å². The molecule has 0 saturated carbocycles. The predicted octanol–water partition coefficient (Wildman–Crippen LogP) is 4.30. The maximum absolute atomic E-state index is 15.0. The summed E-state index contributed by atoms with van der Waals surface area (Å²) in [6.45, 7) is 3.47. The second-order valence-corrected chi connectivity index (χ2v) is 9.13. The summed E-state index contributed by atoms with van der Waals surface area (Å²) in [5.74, 6) is 0.746. The molecule has 3 aromatic heterocycles. The van der Waals surface area contributed by atoms with Crippen molar-refractivity contribution >= 4 is 34.8 Å². The second-order valence-electron chi connectivity index (χ2n) is 8.74. The number of carbonyl (C=O) groups excluding carboxylic acids is 1. The summed E-state index contributed by atoms with van der Waals surface area (Å²) in [5, 5.41) is 26.4. The number of halogens is 2. The molecule has 1 fully saturated rings. The molecule has 1 aliphatic heterocycles. The van der Waals surface area contributed by atoms with E-state index in [1.165, 1.54) is 0 Å². The van der Waals surface area contributed by atoms with Gasteiger partial charge in [-0.15, -0.1) is 0 Å². The average molecular weight is 525 g/mol. The number of aromatic nitrogens is 5. The summed E-state index contributed by atoms with van der Waals surface area (Å²) in [4.78, 5) is 16.5. The molecule has 3 atom stereocenters.